The first-order valence-electron chi connectivity index (χ1n) is 6.99. The van der Waals surface area contributed by atoms with Gasteiger partial charge in [-0.2, -0.15) is 0 Å². The first-order valence-corrected chi connectivity index (χ1v) is 6.99. The zero-order valence-corrected chi connectivity index (χ0v) is 11.3. The van der Waals surface area contributed by atoms with Crippen LogP contribution in [0, 0.1) is 5.92 Å². The van der Waals surface area contributed by atoms with E-state index in [1.165, 1.54) is 31.4 Å². The van der Waals surface area contributed by atoms with Crippen LogP contribution in [0.1, 0.15) is 64.2 Å². The standard InChI is InChI=1S/C14H25N3/c1-4-13(11(2)3)17-10-15-9-14(17)12-7-5-6-8-16-12/h9-13,16H,4-8H2,1-3H3. The summed E-state index contributed by atoms with van der Waals surface area (Å²) in [4.78, 5) is 4.37. The molecule has 0 radical (unpaired) electrons. The van der Waals surface area contributed by atoms with Crippen LogP contribution in [0.3, 0.4) is 0 Å². The van der Waals surface area contributed by atoms with Crippen molar-refractivity contribution in [1.82, 2.24) is 14.9 Å². The van der Waals surface area contributed by atoms with Crippen LogP contribution in [0.2, 0.25) is 0 Å². The molecule has 0 spiro atoms. The second-order valence-electron chi connectivity index (χ2n) is 5.45. The third-order valence-electron chi connectivity index (χ3n) is 3.91. The van der Waals surface area contributed by atoms with Crippen LogP contribution in [-0.2, 0) is 0 Å². The Kier molecular flexibility index (Phi) is 4.21. The van der Waals surface area contributed by atoms with Crippen LogP contribution >= 0.6 is 0 Å². The second kappa shape index (κ2) is 5.67. The molecule has 2 atom stereocenters. The van der Waals surface area contributed by atoms with E-state index >= 15 is 0 Å². The Labute approximate surface area is 105 Å². The van der Waals surface area contributed by atoms with Crippen molar-refractivity contribution in [1.29, 1.82) is 0 Å². The van der Waals surface area contributed by atoms with Crippen molar-refractivity contribution in [2.45, 2.75) is 58.5 Å². The van der Waals surface area contributed by atoms with Crippen LogP contribution in [0.25, 0.3) is 0 Å². The molecule has 2 heterocycles. The summed E-state index contributed by atoms with van der Waals surface area (Å²) >= 11 is 0. The molecule has 96 valence electrons. The predicted octanol–water partition coefficient (Wildman–Crippen LogP) is 3.30. The number of piperidine rings is 1. The number of nitrogens with one attached hydrogen (secondary N) is 1. The van der Waals surface area contributed by atoms with Crippen LogP contribution in [0.15, 0.2) is 12.5 Å². The summed E-state index contributed by atoms with van der Waals surface area (Å²) < 4.78 is 2.40. The van der Waals surface area contributed by atoms with Crippen molar-refractivity contribution in [3.63, 3.8) is 0 Å². The summed E-state index contributed by atoms with van der Waals surface area (Å²) in [5.74, 6) is 0.663. The largest absolute Gasteiger partial charge is 0.330 e. The van der Waals surface area contributed by atoms with Crippen molar-refractivity contribution in [3.05, 3.63) is 18.2 Å². The van der Waals surface area contributed by atoms with E-state index in [1.807, 2.05) is 12.5 Å². The number of hydrogen-bond acceptors (Lipinski definition) is 2. The first-order chi connectivity index (χ1) is 8.24. The Morgan fingerprint density at radius 2 is 2.29 bits per heavy atom. The molecule has 0 aromatic carbocycles. The fourth-order valence-electron chi connectivity index (χ4n) is 2.96. The Morgan fingerprint density at radius 1 is 1.47 bits per heavy atom. The van der Waals surface area contributed by atoms with Crippen LogP contribution < -0.4 is 5.32 Å². The monoisotopic (exact) mass is 235 g/mol. The van der Waals surface area contributed by atoms with Gasteiger partial charge in [0.25, 0.3) is 0 Å². The van der Waals surface area contributed by atoms with E-state index in [0.717, 1.165) is 6.54 Å². The summed E-state index contributed by atoms with van der Waals surface area (Å²) in [7, 11) is 0. The Hall–Kier alpha value is -0.830. The highest BCUT2D eigenvalue weighted by molar-refractivity contribution is 5.08. The fourth-order valence-corrected chi connectivity index (χ4v) is 2.96. The van der Waals surface area contributed by atoms with Gasteiger partial charge in [-0.1, -0.05) is 27.2 Å². The molecule has 0 aliphatic carbocycles. The van der Waals surface area contributed by atoms with E-state index in [1.54, 1.807) is 0 Å². The first kappa shape index (κ1) is 12.6. The molecule has 0 saturated carbocycles. The third kappa shape index (κ3) is 2.71. The molecule has 3 nitrogen and oxygen atoms in total. The highest BCUT2D eigenvalue weighted by Gasteiger charge is 2.22. The maximum atomic E-state index is 4.37. The van der Waals surface area contributed by atoms with Gasteiger partial charge in [-0.05, 0) is 31.7 Å². The van der Waals surface area contributed by atoms with E-state index in [2.05, 4.69) is 35.6 Å². The summed E-state index contributed by atoms with van der Waals surface area (Å²) in [6.07, 6.45) is 9.13. The number of nitrogens with zero attached hydrogens (tertiary/aromatic N) is 2. The Balaban J connectivity index is 2.20. The van der Waals surface area contributed by atoms with Gasteiger partial charge in [-0.3, -0.25) is 0 Å². The van der Waals surface area contributed by atoms with Gasteiger partial charge in [0.05, 0.1) is 12.0 Å². The van der Waals surface area contributed by atoms with Crippen molar-refractivity contribution < 1.29 is 0 Å². The van der Waals surface area contributed by atoms with Crippen LogP contribution in [-0.4, -0.2) is 16.1 Å². The predicted molar refractivity (Wildman–Crippen MR) is 71.0 cm³/mol. The van der Waals surface area contributed by atoms with E-state index in [9.17, 15) is 0 Å². The molecule has 3 heteroatoms. The van der Waals surface area contributed by atoms with Crippen molar-refractivity contribution in [3.8, 4) is 0 Å². The molecule has 1 fully saturated rings. The SMILES string of the molecule is CCC(C(C)C)n1cncc1C1CCCCN1. The summed E-state index contributed by atoms with van der Waals surface area (Å²) in [6, 6.07) is 1.09. The van der Waals surface area contributed by atoms with Crippen LogP contribution in [0.4, 0.5) is 0 Å². The lowest BCUT2D eigenvalue weighted by molar-refractivity contribution is 0.328. The van der Waals surface area contributed by atoms with Crippen LogP contribution in [0.5, 0.6) is 0 Å². The van der Waals surface area contributed by atoms with Gasteiger partial charge >= 0.3 is 0 Å². The molecule has 0 bridgehead atoms. The quantitative estimate of drug-likeness (QED) is 0.867. The highest BCUT2D eigenvalue weighted by atomic mass is 15.1. The van der Waals surface area contributed by atoms with Gasteiger partial charge in [-0.15, -0.1) is 0 Å². The van der Waals surface area contributed by atoms with Gasteiger partial charge in [0.15, 0.2) is 0 Å². The molecule has 1 aromatic heterocycles. The number of imidazole rings is 1. The number of hydrogen-bond donors (Lipinski definition) is 1. The zero-order valence-electron chi connectivity index (χ0n) is 11.3. The molecule has 1 N–H and O–H groups in total. The molecule has 1 aliphatic heterocycles. The molecule has 17 heavy (non-hydrogen) atoms. The van der Waals surface area contributed by atoms with Gasteiger partial charge in [0, 0.05) is 18.3 Å². The minimum absolute atomic E-state index is 0.513. The molecule has 1 saturated heterocycles. The smallest absolute Gasteiger partial charge is 0.0951 e. The summed E-state index contributed by atoms with van der Waals surface area (Å²) in [5.41, 5.74) is 1.38. The topological polar surface area (TPSA) is 29.9 Å². The second-order valence-corrected chi connectivity index (χ2v) is 5.45. The Morgan fingerprint density at radius 3 is 2.88 bits per heavy atom. The van der Waals surface area contributed by atoms with Gasteiger partial charge < -0.3 is 9.88 Å². The summed E-state index contributed by atoms with van der Waals surface area (Å²) in [5, 5.41) is 3.62. The molecule has 2 unspecified atom stereocenters. The third-order valence-corrected chi connectivity index (χ3v) is 3.91. The number of rotatable bonds is 4. The lowest BCUT2D eigenvalue weighted by Gasteiger charge is -2.29. The highest BCUT2D eigenvalue weighted by Crippen LogP contribution is 2.29. The average Bonchev–Trinajstić information content (AvgIpc) is 2.80. The maximum Gasteiger partial charge on any atom is 0.0951 e. The molecule has 1 aliphatic rings. The van der Waals surface area contributed by atoms with Crippen molar-refractivity contribution in [2.24, 2.45) is 5.92 Å². The fraction of sp³-hybridized carbons (Fsp3) is 0.786. The molecule has 0 amide bonds. The van der Waals surface area contributed by atoms with E-state index in [4.69, 9.17) is 0 Å². The molecular weight excluding hydrogens is 210 g/mol. The minimum atomic E-state index is 0.513. The van der Waals surface area contributed by atoms with E-state index in [-0.39, 0.29) is 0 Å². The van der Waals surface area contributed by atoms with Gasteiger partial charge in [0.2, 0.25) is 0 Å². The van der Waals surface area contributed by atoms with E-state index < -0.39 is 0 Å². The Bertz CT molecular complexity index is 337. The molecule has 1 aromatic rings. The van der Waals surface area contributed by atoms with Gasteiger partial charge in [-0.25, -0.2) is 4.98 Å². The van der Waals surface area contributed by atoms with Gasteiger partial charge in [0.1, 0.15) is 0 Å². The maximum absolute atomic E-state index is 4.37. The van der Waals surface area contributed by atoms with Crippen molar-refractivity contribution >= 4 is 0 Å². The lowest BCUT2D eigenvalue weighted by Crippen LogP contribution is -2.30. The lowest BCUT2D eigenvalue weighted by atomic mass is 9.98. The van der Waals surface area contributed by atoms with E-state index in [0.29, 0.717) is 18.0 Å². The molecule has 2 rings (SSSR count). The average molecular weight is 235 g/mol. The number of aromatic nitrogens is 2. The normalized spacial score (nSPS) is 22.9. The summed E-state index contributed by atoms with van der Waals surface area (Å²) in [6.45, 7) is 8.01. The molecular formula is C14H25N3. The zero-order chi connectivity index (χ0) is 12.3. The van der Waals surface area contributed by atoms with Crippen molar-refractivity contribution in [2.75, 3.05) is 6.54 Å². The minimum Gasteiger partial charge on any atom is -0.330 e.